The van der Waals surface area contributed by atoms with Gasteiger partial charge in [-0.15, -0.1) is 0 Å². The van der Waals surface area contributed by atoms with Gasteiger partial charge in [0.1, 0.15) is 24.7 Å². The molecule has 0 radical (unpaired) electrons. The molecule has 0 fully saturated rings. The summed E-state index contributed by atoms with van der Waals surface area (Å²) in [6.45, 7) is 0.549. The summed E-state index contributed by atoms with van der Waals surface area (Å²) < 4.78 is 22.1. The summed E-state index contributed by atoms with van der Waals surface area (Å²) in [6.07, 6.45) is 5.53. The van der Waals surface area contributed by atoms with E-state index < -0.39 is 17.8 Å². The maximum Gasteiger partial charge on any atom is 0.336 e. The predicted octanol–water partition coefficient (Wildman–Crippen LogP) is 3.31. The van der Waals surface area contributed by atoms with Crippen LogP contribution in [0.5, 0.6) is 17.2 Å². The Labute approximate surface area is 214 Å². The number of fused-ring (bicyclic) bond motifs is 1. The molecule has 4 rings (SSSR count). The first-order chi connectivity index (χ1) is 17.5. The van der Waals surface area contributed by atoms with Gasteiger partial charge >= 0.3 is 5.97 Å². The van der Waals surface area contributed by atoms with Gasteiger partial charge in [0.2, 0.25) is 0 Å². The highest BCUT2D eigenvalue weighted by atomic mass is 79.9. The van der Waals surface area contributed by atoms with E-state index in [9.17, 15) is 14.4 Å². The van der Waals surface area contributed by atoms with E-state index in [0.717, 1.165) is 0 Å². The summed E-state index contributed by atoms with van der Waals surface area (Å²) in [6, 6.07) is 13.1. The average molecular weight is 554 g/mol. The van der Waals surface area contributed by atoms with E-state index in [1.54, 1.807) is 48.5 Å². The number of hydrogen-bond acceptors (Lipinski definition) is 8. The fraction of sp³-hybridized carbons (Fsp3) is 0.120. The first-order valence-corrected chi connectivity index (χ1v) is 11.5. The van der Waals surface area contributed by atoms with E-state index in [4.69, 9.17) is 18.6 Å². The van der Waals surface area contributed by atoms with Gasteiger partial charge in [0.25, 0.3) is 11.8 Å². The van der Waals surface area contributed by atoms with Crippen LogP contribution in [0.15, 0.2) is 74.9 Å². The zero-order valence-corrected chi connectivity index (χ0v) is 20.3. The molecule has 1 aromatic heterocycles. The molecule has 0 aliphatic carbocycles. The third-order valence-corrected chi connectivity index (χ3v) is 5.21. The molecule has 0 bridgehead atoms. The number of nitrogens with zero attached hydrogens (tertiary/aromatic N) is 1. The maximum atomic E-state index is 12.4. The number of hydrogen-bond donors (Lipinski definition) is 2. The van der Waals surface area contributed by atoms with Crippen molar-refractivity contribution in [3.05, 3.63) is 82.2 Å². The second kappa shape index (κ2) is 11.8. The Morgan fingerprint density at radius 2 is 1.89 bits per heavy atom. The van der Waals surface area contributed by atoms with Crippen LogP contribution in [0.1, 0.15) is 21.7 Å². The quantitative estimate of drug-likeness (QED) is 0.144. The van der Waals surface area contributed by atoms with E-state index in [2.05, 4.69) is 31.8 Å². The molecule has 1 aliphatic rings. The van der Waals surface area contributed by atoms with Crippen LogP contribution in [0.4, 0.5) is 0 Å². The molecule has 2 amide bonds. The second-order valence-electron chi connectivity index (χ2n) is 7.29. The van der Waals surface area contributed by atoms with Crippen LogP contribution in [0.2, 0.25) is 0 Å². The predicted molar refractivity (Wildman–Crippen MR) is 133 cm³/mol. The summed E-state index contributed by atoms with van der Waals surface area (Å²) in [7, 11) is 0. The van der Waals surface area contributed by atoms with Gasteiger partial charge in [-0.1, -0.05) is 15.9 Å². The Balaban J connectivity index is 1.30. The molecule has 2 heterocycles. The Kier molecular flexibility index (Phi) is 8.14. The summed E-state index contributed by atoms with van der Waals surface area (Å²) in [5, 5.41) is 6.40. The summed E-state index contributed by atoms with van der Waals surface area (Å²) >= 11 is 3.35. The minimum Gasteiger partial charge on any atom is -0.486 e. The minimum atomic E-state index is -0.616. The van der Waals surface area contributed by atoms with Gasteiger partial charge in [0, 0.05) is 21.7 Å². The number of furan rings is 1. The highest BCUT2D eigenvalue weighted by molar-refractivity contribution is 9.10. The lowest BCUT2D eigenvalue weighted by Crippen LogP contribution is -2.35. The molecule has 3 aromatic rings. The molecule has 36 heavy (non-hydrogen) atoms. The van der Waals surface area contributed by atoms with E-state index in [1.165, 1.54) is 24.6 Å². The topological polar surface area (TPSA) is 128 Å². The molecule has 0 saturated heterocycles. The molecule has 2 aromatic carbocycles. The number of halogens is 1. The number of nitrogens with one attached hydrogen (secondary N) is 2. The lowest BCUT2D eigenvalue weighted by atomic mass is 10.2. The molecular weight excluding hydrogens is 534 g/mol. The van der Waals surface area contributed by atoms with Crippen molar-refractivity contribution < 1.29 is 33.0 Å². The molecule has 1 aliphatic heterocycles. The van der Waals surface area contributed by atoms with Crippen molar-refractivity contribution in [2.24, 2.45) is 5.10 Å². The number of carbonyl (C=O) groups is 3. The van der Waals surface area contributed by atoms with Crippen LogP contribution in [0.3, 0.4) is 0 Å². The Morgan fingerprint density at radius 3 is 2.69 bits per heavy atom. The number of ether oxygens (including phenoxy) is 3. The Morgan fingerprint density at radius 1 is 1.06 bits per heavy atom. The van der Waals surface area contributed by atoms with E-state index in [0.29, 0.717) is 46.1 Å². The third kappa shape index (κ3) is 6.83. The Bertz CT molecular complexity index is 1320. The van der Waals surface area contributed by atoms with Crippen LogP contribution in [-0.2, 0) is 9.59 Å². The zero-order chi connectivity index (χ0) is 25.3. The SMILES string of the molecule is O=C(CNC(=O)c1ccc2c(c1)OCCO2)N/N=C/c1cc(Br)ccc1OC(=O)/C=C\c1ccco1. The molecule has 0 saturated carbocycles. The third-order valence-electron chi connectivity index (χ3n) is 4.72. The first kappa shape index (κ1) is 24.7. The average Bonchev–Trinajstić information content (AvgIpc) is 3.41. The van der Waals surface area contributed by atoms with Gasteiger partial charge in [-0.05, 0) is 54.6 Å². The normalized spacial score (nSPS) is 12.5. The van der Waals surface area contributed by atoms with Crippen molar-refractivity contribution in [1.29, 1.82) is 0 Å². The van der Waals surface area contributed by atoms with Crippen molar-refractivity contribution in [1.82, 2.24) is 10.7 Å². The largest absolute Gasteiger partial charge is 0.486 e. The molecule has 184 valence electrons. The molecule has 11 heteroatoms. The fourth-order valence-electron chi connectivity index (χ4n) is 3.05. The number of hydrazone groups is 1. The summed E-state index contributed by atoms with van der Waals surface area (Å²) in [4.78, 5) is 36.6. The van der Waals surface area contributed by atoms with Gasteiger partial charge in [0.15, 0.2) is 11.5 Å². The molecule has 10 nitrogen and oxygen atoms in total. The zero-order valence-electron chi connectivity index (χ0n) is 18.7. The van der Waals surface area contributed by atoms with Crippen LogP contribution < -0.4 is 25.0 Å². The van der Waals surface area contributed by atoms with Gasteiger partial charge in [0.05, 0.1) is 19.0 Å². The smallest absolute Gasteiger partial charge is 0.336 e. The Hall–Kier alpha value is -4.38. The highest BCUT2D eigenvalue weighted by Crippen LogP contribution is 2.30. The highest BCUT2D eigenvalue weighted by Gasteiger charge is 2.15. The fourth-order valence-corrected chi connectivity index (χ4v) is 3.43. The van der Waals surface area contributed by atoms with Crippen molar-refractivity contribution >= 4 is 46.0 Å². The van der Waals surface area contributed by atoms with Crippen LogP contribution >= 0.6 is 15.9 Å². The van der Waals surface area contributed by atoms with E-state index >= 15 is 0 Å². The van der Waals surface area contributed by atoms with Gasteiger partial charge in [-0.25, -0.2) is 10.2 Å². The van der Waals surface area contributed by atoms with Crippen LogP contribution in [0.25, 0.3) is 6.08 Å². The number of amides is 2. The van der Waals surface area contributed by atoms with Crippen molar-refractivity contribution in [3.8, 4) is 17.2 Å². The number of esters is 1. The van der Waals surface area contributed by atoms with Crippen molar-refractivity contribution in [2.75, 3.05) is 19.8 Å². The monoisotopic (exact) mass is 553 g/mol. The number of benzene rings is 2. The molecular formula is C25H20BrN3O7. The standard InChI is InChI=1S/C25H20BrN3O7/c26-18-4-7-20(36-24(31)8-5-19-2-1-9-33-19)17(12-18)14-28-29-23(30)15-27-25(32)16-3-6-21-22(13-16)35-11-10-34-21/h1-9,12-14H,10-11,15H2,(H,27,32)(H,29,30)/b8-5-,28-14+. The second-order valence-corrected chi connectivity index (χ2v) is 8.20. The van der Waals surface area contributed by atoms with Gasteiger partial charge in [-0.2, -0.15) is 5.10 Å². The maximum absolute atomic E-state index is 12.4. The van der Waals surface area contributed by atoms with Crippen LogP contribution in [0, 0.1) is 0 Å². The minimum absolute atomic E-state index is 0.234. The first-order valence-electron chi connectivity index (χ1n) is 10.7. The van der Waals surface area contributed by atoms with Crippen molar-refractivity contribution in [3.63, 3.8) is 0 Å². The summed E-state index contributed by atoms with van der Waals surface area (Å²) in [5.41, 5.74) is 3.09. The van der Waals surface area contributed by atoms with Crippen molar-refractivity contribution in [2.45, 2.75) is 0 Å². The number of rotatable bonds is 8. The van der Waals surface area contributed by atoms with E-state index in [1.807, 2.05) is 0 Å². The van der Waals surface area contributed by atoms with Gasteiger partial charge in [-0.3, -0.25) is 9.59 Å². The summed E-state index contributed by atoms with van der Waals surface area (Å²) in [5.74, 6) is 0.169. The molecule has 0 atom stereocenters. The van der Waals surface area contributed by atoms with Crippen LogP contribution in [-0.4, -0.2) is 43.8 Å². The lowest BCUT2D eigenvalue weighted by Gasteiger charge is -2.18. The number of carbonyl (C=O) groups excluding carboxylic acids is 3. The van der Waals surface area contributed by atoms with E-state index in [-0.39, 0.29) is 12.3 Å². The van der Waals surface area contributed by atoms with Gasteiger partial charge < -0.3 is 23.9 Å². The lowest BCUT2D eigenvalue weighted by molar-refractivity contribution is -0.129. The molecule has 0 unspecified atom stereocenters. The molecule has 2 N–H and O–H groups in total. The molecule has 0 spiro atoms.